The molecule has 2 aromatic heterocycles. The quantitative estimate of drug-likeness (QED) is 0.618. The summed E-state index contributed by atoms with van der Waals surface area (Å²) in [6, 6.07) is 8.86. The largest absolute Gasteiger partial charge is 0.366 e. The maximum Gasteiger partial charge on any atom is 0.255 e. The summed E-state index contributed by atoms with van der Waals surface area (Å²) in [6.45, 7) is 0.841. The van der Waals surface area contributed by atoms with Crippen molar-refractivity contribution in [2.24, 2.45) is 7.05 Å². The zero-order valence-corrected chi connectivity index (χ0v) is 15.7. The van der Waals surface area contributed by atoms with Crippen molar-refractivity contribution in [1.82, 2.24) is 19.5 Å². The number of hydrogen-bond donors (Lipinski definition) is 0. The first-order valence-corrected chi connectivity index (χ1v) is 9.04. The van der Waals surface area contributed by atoms with E-state index in [1.165, 1.54) is 35.2 Å². The molecule has 8 nitrogen and oxygen atoms in total. The number of carbonyl (C=O) groups excluding carboxylic acids is 1. The van der Waals surface area contributed by atoms with Crippen LogP contribution in [-0.4, -0.2) is 51.1 Å². The fourth-order valence-electron chi connectivity index (χ4n) is 3.21. The van der Waals surface area contributed by atoms with Gasteiger partial charge in [-0.3, -0.25) is 14.2 Å². The molecule has 3 heterocycles. The van der Waals surface area contributed by atoms with Gasteiger partial charge in [-0.05, 0) is 18.2 Å². The molecule has 3 aromatic rings. The first-order chi connectivity index (χ1) is 14.0. The van der Waals surface area contributed by atoms with Gasteiger partial charge in [-0.2, -0.15) is 0 Å². The van der Waals surface area contributed by atoms with E-state index in [-0.39, 0.29) is 24.3 Å². The van der Waals surface area contributed by atoms with Crippen LogP contribution in [-0.2, 0) is 11.8 Å². The van der Waals surface area contributed by atoms with Crippen molar-refractivity contribution in [2.75, 3.05) is 24.6 Å². The van der Waals surface area contributed by atoms with Gasteiger partial charge in [0, 0.05) is 25.9 Å². The summed E-state index contributed by atoms with van der Waals surface area (Å²) in [4.78, 5) is 39.6. The van der Waals surface area contributed by atoms with Crippen molar-refractivity contribution in [3.63, 3.8) is 0 Å². The van der Waals surface area contributed by atoms with Crippen LogP contribution in [0.4, 0.5) is 10.3 Å². The molecule has 1 unspecified atom stereocenters. The number of halogens is 1. The number of Topliss-reactive ketones (excluding diaryl/α,β-unsaturated/α-hetero) is 1. The van der Waals surface area contributed by atoms with Crippen molar-refractivity contribution < 1.29 is 13.9 Å². The van der Waals surface area contributed by atoms with Crippen LogP contribution in [0.1, 0.15) is 10.4 Å². The molecule has 4 rings (SSSR count). The summed E-state index contributed by atoms with van der Waals surface area (Å²) in [5.41, 5.74) is 0.656. The lowest BCUT2D eigenvalue weighted by atomic mass is 10.0. The van der Waals surface area contributed by atoms with Gasteiger partial charge < -0.3 is 9.64 Å². The van der Waals surface area contributed by atoms with Crippen molar-refractivity contribution in [3.8, 4) is 11.4 Å². The van der Waals surface area contributed by atoms with E-state index in [0.29, 0.717) is 23.9 Å². The topological polar surface area (TPSA) is 90.2 Å². The van der Waals surface area contributed by atoms with E-state index in [0.717, 1.165) is 0 Å². The lowest BCUT2D eigenvalue weighted by Gasteiger charge is -2.33. The predicted octanol–water partition coefficient (Wildman–Crippen LogP) is 1.46. The Balaban J connectivity index is 1.65. The molecule has 0 aliphatic carbocycles. The molecule has 1 atom stereocenters. The minimum atomic E-state index is -0.861. The average molecular weight is 395 g/mol. The number of benzene rings is 1. The molecule has 0 spiro atoms. The maximum absolute atomic E-state index is 14.0. The smallest absolute Gasteiger partial charge is 0.255 e. The molecule has 1 saturated heterocycles. The minimum absolute atomic E-state index is 0.0177. The van der Waals surface area contributed by atoms with Crippen LogP contribution in [0.25, 0.3) is 11.4 Å². The van der Waals surface area contributed by atoms with Crippen LogP contribution >= 0.6 is 0 Å². The third kappa shape index (κ3) is 3.77. The zero-order chi connectivity index (χ0) is 20.4. The Morgan fingerprint density at radius 2 is 2.07 bits per heavy atom. The van der Waals surface area contributed by atoms with Gasteiger partial charge >= 0.3 is 0 Å². The molecule has 148 valence electrons. The third-order valence-electron chi connectivity index (χ3n) is 4.74. The highest BCUT2D eigenvalue weighted by molar-refractivity contribution is 6.00. The van der Waals surface area contributed by atoms with Crippen LogP contribution in [0.5, 0.6) is 0 Å². The molecule has 0 bridgehead atoms. The highest BCUT2D eigenvalue weighted by Crippen LogP contribution is 2.20. The molecular weight excluding hydrogens is 377 g/mol. The van der Waals surface area contributed by atoms with Crippen molar-refractivity contribution in [2.45, 2.75) is 6.10 Å². The van der Waals surface area contributed by atoms with Gasteiger partial charge in [0.15, 0.2) is 5.78 Å². The molecule has 1 aromatic carbocycles. The van der Waals surface area contributed by atoms with Crippen LogP contribution in [0, 0.1) is 5.82 Å². The van der Waals surface area contributed by atoms with Gasteiger partial charge in [-0.15, -0.1) is 0 Å². The standard InChI is InChI=1S/C20H18FN5O3/c1-25-18(27)10-16(15-6-7-22-12-23-15)24-20(25)26-8-9-29-17(11-26)19(28)13-4-2-3-5-14(13)21/h2-7,10,12,17H,8-9,11H2,1H3. The minimum Gasteiger partial charge on any atom is -0.366 e. The van der Waals surface area contributed by atoms with Gasteiger partial charge in [-0.1, -0.05) is 12.1 Å². The van der Waals surface area contributed by atoms with E-state index in [9.17, 15) is 14.0 Å². The Kier molecular flexibility index (Phi) is 5.13. The second kappa shape index (κ2) is 7.88. The van der Waals surface area contributed by atoms with Gasteiger partial charge in [0.05, 0.1) is 30.1 Å². The third-order valence-corrected chi connectivity index (χ3v) is 4.74. The number of aromatic nitrogens is 4. The van der Waals surface area contributed by atoms with Gasteiger partial charge in [0.25, 0.3) is 5.56 Å². The summed E-state index contributed by atoms with van der Waals surface area (Å²) < 4.78 is 21.0. The number of ketones is 1. The number of morpholine rings is 1. The molecule has 0 amide bonds. The highest BCUT2D eigenvalue weighted by Gasteiger charge is 2.30. The van der Waals surface area contributed by atoms with E-state index in [2.05, 4.69) is 15.0 Å². The van der Waals surface area contributed by atoms with E-state index in [1.54, 1.807) is 30.3 Å². The molecule has 29 heavy (non-hydrogen) atoms. The SMILES string of the molecule is Cn1c(N2CCOC(C(=O)c3ccccc3F)C2)nc(-c2ccncn2)cc1=O. The molecule has 0 saturated carbocycles. The number of anilines is 1. The lowest BCUT2D eigenvalue weighted by molar-refractivity contribution is 0.0333. The second-order valence-electron chi connectivity index (χ2n) is 6.58. The first-order valence-electron chi connectivity index (χ1n) is 9.04. The first kappa shape index (κ1) is 18.9. The van der Waals surface area contributed by atoms with E-state index >= 15 is 0 Å². The number of carbonyl (C=O) groups is 1. The van der Waals surface area contributed by atoms with Crippen LogP contribution in [0.3, 0.4) is 0 Å². The Labute approximate surface area is 165 Å². The van der Waals surface area contributed by atoms with Crippen LogP contribution in [0.15, 0.2) is 53.7 Å². The van der Waals surface area contributed by atoms with E-state index in [1.807, 2.05) is 0 Å². The molecule has 0 N–H and O–H groups in total. The Morgan fingerprint density at radius 1 is 1.24 bits per heavy atom. The summed E-state index contributed by atoms with van der Waals surface area (Å²) >= 11 is 0. The molecule has 1 aliphatic rings. The monoisotopic (exact) mass is 395 g/mol. The van der Waals surface area contributed by atoms with Gasteiger partial charge in [0.2, 0.25) is 5.95 Å². The van der Waals surface area contributed by atoms with Crippen molar-refractivity contribution in [3.05, 3.63) is 70.7 Å². The van der Waals surface area contributed by atoms with E-state index in [4.69, 9.17) is 4.74 Å². The molecule has 1 aliphatic heterocycles. The maximum atomic E-state index is 14.0. The Hall–Kier alpha value is -3.46. The Bertz CT molecular complexity index is 1100. The normalized spacial score (nSPS) is 16.6. The zero-order valence-electron chi connectivity index (χ0n) is 15.7. The fraction of sp³-hybridized carbons (Fsp3) is 0.250. The highest BCUT2D eigenvalue weighted by atomic mass is 19.1. The molecule has 9 heteroatoms. The fourth-order valence-corrected chi connectivity index (χ4v) is 3.21. The Morgan fingerprint density at radius 3 is 2.83 bits per heavy atom. The number of hydrogen-bond acceptors (Lipinski definition) is 7. The van der Waals surface area contributed by atoms with E-state index < -0.39 is 17.7 Å². The lowest BCUT2D eigenvalue weighted by Crippen LogP contribution is -2.48. The summed E-state index contributed by atoms with van der Waals surface area (Å²) in [5.74, 6) is -0.639. The molecule has 0 radical (unpaired) electrons. The number of ether oxygens (including phenoxy) is 1. The van der Waals surface area contributed by atoms with Gasteiger partial charge in [-0.25, -0.2) is 19.3 Å². The summed E-state index contributed by atoms with van der Waals surface area (Å²) in [6.07, 6.45) is 2.09. The summed E-state index contributed by atoms with van der Waals surface area (Å²) in [7, 11) is 1.61. The van der Waals surface area contributed by atoms with Crippen LogP contribution < -0.4 is 10.5 Å². The predicted molar refractivity (Wildman–Crippen MR) is 103 cm³/mol. The van der Waals surface area contributed by atoms with Gasteiger partial charge in [0.1, 0.15) is 18.2 Å². The molecular formula is C20H18FN5O3. The number of nitrogens with zero attached hydrogens (tertiary/aromatic N) is 5. The molecule has 1 fully saturated rings. The van der Waals surface area contributed by atoms with Crippen molar-refractivity contribution in [1.29, 1.82) is 0 Å². The summed E-state index contributed by atoms with van der Waals surface area (Å²) in [5, 5.41) is 0. The van der Waals surface area contributed by atoms with Crippen LogP contribution in [0.2, 0.25) is 0 Å². The number of rotatable bonds is 4. The van der Waals surface area contributed by atoms with Crippen molar-refractivity contribution >= 4 is 11.7 Å². The second-order valence-corrected chi connectivity index (χ2v) is 6.58. The average Bonchev–Trinajstić information content (AvgIpc) is 2.76.